The van der Waals surface area contributed by atoms with Crippen LogP contribution in [0.4, 0.5) is 4.39 Å². The quantitative estimate of drug-likeness (QED) is 0.729. The predicted octanol–water partition coefficient (Wildman–Crippen LogP) is 3.80. The van der Waals surface area contributed by atoms with Gasteiger partial charge in [0, 0.05) is 12.6 Å². The highest BCUT2D eigenvalue weighted by molar-refractivity contribution is 9.10. The van der Waals surface area contributed by atoms with Crippen molar-refractivity contribution in [3.63, 3.8) is 0 Å². The number of nitrogens with zero attached hydrogens (tertiary/aromatic N) is 1. The van der Waals surface area contributed by atoms with E-state index < -0.39 is 0 Å². The summed E-state index contributed by atoms with van der Waals surface area (Å²) in [5.41, 5.74) is 0.972. The average Bonchev–Trinajstić information content (AvgIpc) is 2.37. The van der Waals surface area contributed by atoms with Gasteiger partial charge < -0.3 is 10.2 Å². The van der Waals surface area contributed by atoms with Crippen LogP contribution in [0.25, 0.3) is 0 Å². The highest BCUT2D eigenvalue weighted by atomic mass is 79.9. The Balaban J connectivity index is 2.16. The van der Waals surface area contributed by atoms with E-state index in [1.807, 2.05) is 6.07 Å². The minimum atomic E-state index is -0.196. The van der Waals surface area contributed by atoms with E-state index in [-0.39, 0.29) is 5.82 Å². The number of hydrogen-bond donors (Lipinski definition) is 1. The Labute approximate surface area is 124 Å². The smallest absolute Gasteiger partial charge is 0.137 e. The Hall–Kier alpha value is -0.450. The predicted molar refractivity (Wildman–Crippen MR) is 82.8 cm³/mol. The summed E-state index contributed by atoms with van der Waals surface area (Å²) in [5, 5.41) is 3.36. The van der Waals surface area contributed by atoms with Crippen LogP contribution in [-0.4, -0.2) is 31.1 Å². The summed E-state index contributed by atoms with van der Waals surface area (Å²) in [4.78, 5) is 2.35. The maximum atomic E-state index is 13.3. The molecule has 0 radical (unpaired) electrons. The Kier molecular flexibility index (Phi) is 7.57. The third-order valence-corrected chi connectivity index (χ3v) is 4.23. The van der Waals surface area contributed by atoms with E-state index in [2.05, 4.69) is 47.0 Å². The summed E-state index contributed by atoms with van der Waals surface area (Å²) >= 11 is 3.28. The minimum absolute atomic E-state index is 0.196. The molecule has 0 spiro atoms. The van der Waals surface area contributed by atoms with Gasteiger partial charge in [-0.25, -0.2) is 4.39 Å². The van der Waals surface area contributed by atoms with Crippen molar-refractivity contribution in [3.8, 4) is 0 Å². The van der Waals surface area contributed by atoms with Crippen LogP contribution in [0, 0.1) is 5.82 Å². The first-order valence-electron chi connectivity index (χ1n) is 6.86. The lowest BCUT2D eigenvalue weighted by Crippen LogP contribution is -2.27. The van der Waals surface area contributed by atoms with Gasteiger partial charge in [0.2, 0.25) is 0 Å². The number of nitrogens with one attached hydrogen (secondary N) is 1. The summed E-state index contributed by atoms with van der Waals surface area (Å²) in [6.45, 7) is 7.22. The van der Waals surface area contributed by atoms with E-state index in [1.54, 1.807) is 6.07 Å². The molecule has 0 fully saturated rings. The zero-order valence-corrected chi connectivity index (χ0v) is 13.6. The van der Waals surface area contributed by atoms with E-state index in [1.165, 1.54) is 12.5 Å². The van der Waals surface area contributed by atoms with Gasteiger partial charge in [0.05, 0.1) is 4.47 Å². The van der Waals surface area contributed by atoms with Gasteiger partial charge in [0.1, 0.15) is 5.82 Å². The Morgan fingerprint density at radius 1 is 1.32 bits per heavy atom. The largest absolute Gasteiger partial charge is 0.313 e. The molecule has 19 heavy (non-hydrogen) atoms. The molecule has 0 bridgehead atoms. The molecule has 0 amide bonds. The number of benzene rings is 1. The maximum Gasteiger partial charge on any atom is 0.137 e. The number of hydrogen-bond acceptors (Lipinski definition) is 2. The van der Waals surface area contributed by atoms with Gasteiger partial charge in [0.25, 0.3) is 0 Å². The second kappa shape index (κ2) is 8.67. The van der Waals surface area contributed by atoms with E-state index in [9.17, 15) is 4.39 Å². The SMILES string of the molecule is CC(C)N(C)CCCCNCc1cccc(F)c1Br. The van der Waals surface area contributed by atoms with Crippen molar-refractivity contribution in [2.75, 3.05) is 20.1 Å². The molecule has 1 aromatic rings. The van der Waals surface area contributed by atoms with Crippen molar-refractivity contribution in [3.05, 3.63) is 34.1 Å². The van der Waals surface area contributed by atoms with Gasteiger partial charge in [-0.1, -0.05) is 12.1 Å². The Bertz CT molecular complexity index is 382. The van der Waals surface area contributed by atoms with Crippen molar-refractivity contribution in [2.45, 2.75) is 39.3 Å². The first-order valence-corrected chi connectivity index (χ1v) is 7.65. The summed E-state index contributed by atoms with van der Waals surface area (Å²) in [7, 11) is 2.15. The molecule has 1 N–H and O–H groups in total. The van der Waals surface area contributed by atoms with Crippen molar-refractivity contribution in [1.82, 2.24) is 10.2 Å². The van der Waals surface area contributed by atoms with E-state index >= 15 is 0 Å². The molecule has 0 atom stereocenters. The lowest BCUT2D eigenvalue weighted by atomic mass is 10.2. The molecule has 108 valence electrons. The molecule has 1 rings (SSSR count). The van der Waals surface area contributed by atoms with Crippen LogP contribution < -0.4 is 5.32 Å². The summed E-state index contributed by atoms with van der Waals surface area (Å²) in [5.74, 6) is -0.196. The van der Waals surface area contributed by atoms with Gasteiger partial charge in [-0.3, -0.25) is 0 Å². The van der Waals surface area contributed by atoms with Crippen molar-refractivity contribution in [2.24, 2.45) is 0 Å². The summed E-state index contributed by atoms with van der Waals surface area (Å²) in [6.07, 6.45) is 2.33. The maximum absolute atomic E-state index is 13.3. The monoisotopic (exact) mass is 330 g/mol. The Morgan fingerprint density at radius 2 is 2.05 bits per heavy atom. The highest BCUT2D eigenvalue weighted by Gasteiger charge is 2.04. The number of unbranched alkanes of at least 4 members (excludes halogenated alkanes) is 1. The van der Waals surface area contributed by atoms with Crippen LogP contribution in [0.1, 0.15) is 32.3 Å². The zero-order valence-electron chi connectivity index (χ0n) is 12.0. The lowest BCUT2D eigenvalue weighted by Gasteiger charge is -2.20. The Morgan fingerprint density at radius 3 is 2.74 bits per heavy atom. The van der Waals surface area contributed by atoms with Gasteiger partial charge in [-0.15, -0.1) is 0 Å². The van der Waals surface area contributed by atoms with Gasteiger partial charge >= 0.3 is 0 Å². The van der Waals surface area contributed by atoms with Crippen LogP contribution in [0.5, 0.6) is 0 Å². The molecule has 1 aromatic carbocycles. The van der Waals surface area contributed by atoms with Crippen LogP contribution in [0.2, 0.25) is 0 Å². The van der Waals surface area contributed by atoms with Crippen LogP contribution in [0.3, 0.4) is 0 Å². The second-order valence-electron chi connectivity index (χ2n) is 5.17. The van der Waals surface area contributed by atoms with Crippen molar-refractivity contribution >= 4 is 15.9 Å². The molecule has 0 saturated heterocycles. The fourth-order valence-corrected chi connectivity index (χ4v) is 2.18. The fourth-order valence-electron chi connectivity index (χ4n) is 1.78. The third kappa shape index (κ3) is 6.02. The lowest BCUT2D eigenvalue weighted by molar-refractivity contribution is 0.268. The number of halogens is 2. The van der Waals surface area contributed by atoms with Gasteiger partial charge in [0.15, 0.2) is 0 Å². The minimum Gasteiger partial charge on any atom is -0.313 e. The highest BCUT2D eigenvalue weighted by Crippen LogP contribution is 2.19. The summed E-state index contributed by atoms with van der Waals surface area (Å²) in [6, 6.07) is 5.76. The molecule has 0 heterocycles. The fraction of sp³-hybridized carbons (Fsp3) is 0.600. The molecular formula is C15H24BrFN2. The summed E-state index contributed by atoms with van der Waals surface area (Å²) < 4.78 is 13.9. The average molecular weight is 331 g/mol. The number of rotatable bonds is 8. The normalized spacial score (nSPS) is 11.5. The zero-order chi connectivity index (χ0) is 14.3. The molecule has 0 aliphatic rings. The molecule has 0 aromatic heterocycles. The third-order valence-electron chi connectivity index (χ3n) is 3.34. The van der Waals surface area contributed by atoms with Crippen LogP contribution in [-0.2, 0) is 6.54 Å². The standard InChI is InChI=1S/C15H24BrFN2/c1-12(2)19(3)10-5-4-9-18-11-13-7-6-8-14(17)15(13)16/h6-8,12,18H,4-5,9-11H2,1-3H3. The van der Waals surface area contributed by atoms with Gasteiger partial charge in [-0.05, 0) is 74.4 Å². The second-order valence-corrected chi connectivity index (χ2v) is 5.96. The molecular weight excluding hydrogens is 307 g/mol. The van der Waals surface area contributed by atoms with Crippen LogP contribution in [0.15, 0.2) is 22.7 Å². The molecule has 2 nitrogen and oxygen atoms in total. The van der Waals surface area contributed by atoms with Crippen molar-refractivity contribution < 1.29 is 4.39 Å². The first kappa shape index (κ1) is 16.6. The van der Waals surface area contributed by atoms with E-state index in [0.29, 0.717) is 17.1 Å². The van der Waals surface area contributed by atoms with Crippen molar-refractivity contribution in [1.29, 1.82) is 0 Å². The molecule has 0 aliphatic carbocycles. The van der Waals surface area contributed by atoms with E-state index in [4.69, 9.17) is 0 Å². The van der Waals surface area contributed by atoms with E-state index in [0.717, 1.165) is 25.1 Å². The molecule has 0 saturated carbocycles. The van der Waals surface area contributed by atoms with Gasteiger partial charge in [-0.2, -0.15) is 0 Å². The molecule has 0 unspecified atom stereocenters. The topological polar surface area (TPSA) is 15.3 Å². The van der Waals surface area contributed by atoms with Crippen LogP contribution >= 0.6 is 15.9 Å². The molecule has 4 heteroatoms. The molecule has 0 aliphatic heterocycles. The first-order chi connectivity index (χ1) is 9.02.